The minimum absolute atomic E-state index is 0.366. The maximum atomic E-state index is 12.4. The zero-order valence-corrected chi connectivity index (χ0v) is 12.2. The number of fused-ring (bicyclic) bond motifs is 1. The van der Waals surface area contributed by atoms with Crippen molar-refractivity contribution in [2.45, 2.75) is 37.6 Å². The molecule has 2 N–H and O–H groups in total. The topological polar surface area (TPSA) is 91.1 Å². The lowest BCUT2D eigenvalue weighted by Gasteiger charge is -2.34. The number of benzene rings is 1. The molecule has 110 valence electrons. The summed E-state index contributed by atoms with van der Waals surface area (Å²) in [5, 5.41) is 12.2. The Balaban J connectivity index is 1.82. The summed E-state index contributed by atoms with van der Waals surface area (Å²) >= 11 is 1.09. The first-order chi connectivity index (χ1) is 10.1. The summed E-state index contributed by atoms with van der Waals surface area (Å²) in [5.41, 5.74) is 0.675. The van der Waals surface area contributed by atoms with Gasteiger partial charge in [0.1, 0.15) is 16.9 Å². The average Bonchev–Trinajstić information content (AvgIpc) is 2.95. The number of nitrogens with zero attached hydrogens (tertiary/aromatic N) is 2. The number of aliphatic carboxylic acids is 1. The van der Waals surface area contributed by atoms with Gasteiger partial charge in [-0.1, -0.05) is 19.3 Å². The number of hydrogen-bond acceptors (Lipinski definition) is 4. The Morgan fingerprint density at radius 1 is 1.14 bits per heavy atom. The number of rotatable bonds is 3. The van der Waals surface area contributed by atoms with Crippen LogP contribution >= 0.6 is 0 Å². The third kappa shape index (κ3) is 2.61. The Labute approximate surface area is 125 Å². The van der Waals surface area contributed by atoms with Crippen molar-refractivity contribution in [2.24, 2.45) is 8.73 Å². The molecule has 0 unspecified atom stereocenters. The van der Waals surface area contributed by atoms with Gasteiger partial charge in [0, 0.05) is 5.56 Å². The van der Waals surface area contributed by atoms with Crippen LogP contribution < -0.4 is 5.32 Å². The number of nitrogens with one attached hydrogen (secondary N) is 1. The number of hydrogen-bond donors (Lipinski definition) is 2. The van der Waals surface area contributed by atoms with E-state index in [-0.39, 0.29) is 5.91 Å². The van der Waals surface area contributed by atoms with Gasteiger partial charge in [-0.25, -0.2) is 4.79 Å². The molecular weight excluding hydrogens is 290 g/mol. The van der Waals surface area contributed by atoms with Crippen LogP contribution in [0.25, 0.3) is 0 Å². The second kappa shape index (κ2) is 5.40. The Bertz CT molecular complexity index is 674. The highest BCUT2D eigenvalue weighted by Gasteiger charge is 2.41. The van der Waals surface area contributed by atoms with Gasteiger partial charge in [0.15, 0.2) is 0 Å². The first kappa shape index (κ1) is 13.9. The molecule has 0 aromatic heterocycles. The standard InChI is InChI=1S/C14H15N3O3S/c18-12(9-4-5-10-11(8-9)17-21-16-10)15-14(13(19)20)6-2-1-3-7-14/h4-5,8H,1-3,6-7H2,(H,15,18)(H,19,20). The van der Waals surface area contributed by atoms with Gasteiger partial charge in [-0.15, -0.1) is 0 Å². The number of amides is 1. The van der Waals surface area contributed by atoms with Gasteiger partial charge in [-0.2, -0.15) is 8.73 Å². The number of carbonyl (C=O) groups excluding carboxylic acids is 1. The Morgan fingerprint density at radius 2 is 1.86 bits per heavy atom. The van der Waals surface area contributed by atoms with Gasteiger partial charge in [0.05, 0.1) is 11.4 Å². The maximum Gasteiger partial charge on any atom is 0.329 e. The number of carboxylic acids is 1. The van der Waals surface area contributed by atoms with Gasteiger partial charge in [0.2, 0.25) is 0 Å². The van der Waals surface area contributed by atoms with Gasteiger partial charge in [0.25, 0.3) is 5.91 Å². The van der Waals surface area contributed by atoms with Crippen molar-refractivity contribution in [3.05, 3.63) is 23.8 Å². The van der Waals surface area contributed by atoms with E-state index in [4.69, 9.17) is 0 Å². The van der Waals surface area contributed by atoms with Crippen LogP contribution in [-0.2, 0) is 16.1 Å². The largest absolute Gasteiger partial charge is 0.480 e. The first-order valence-electron chi connectivity index (χ1n) is 6.89. The molecule has 1 aromatic rings. The van der Waals surface area contributed by atoms with Crippen molar-refractivity contribution in [3.8, 4) is 0 Å². The highest BCUT2D eigenvalue weighted by Crippen LogP contribution is 2.33. The summed E-state index contributed by atoms with van der Waals surface area (Å²) in [6, 6.07) is 5.02. The van der Waals surface area contributed by atoms with Crippen LogP contribution in [0.5, 0.6) is 0 Å². The molecule has 1 aliphatic heterocycles. The van der Waals surface area contributed by atoms with E-state index < -0.39 is 11.5 Å². The molecule has 0 saturated heterocycles. The highest BCUT2D eigenvalue weighted by atomic mass is 32.1. The van der Waals surface area contributed by atoms with Crippen LogP contribution in [0, 0.1) is 0 Å². The van der Waals surface area contributed by atoms with E-state index in [2.05, 4.69) is 14.0 Å². The molecule has 0 radical (unpaired) electrons. The summed E-state index contributed by atoms with van der Waals surface area (Å²) in [6.07, 6.45) is 3.62. The van der Waals surface area contributed by atoms with Crippen molar-refractivity contribution >= 4 is 34.6 Å². The van der Waals surface area contributed by atoms with E-state index in [0.717, 1.165) is 36.3 Å². The zero-order chi connectivity index (χ0) is 14.9. The molecule has 6 nitrogen and oxygen atoms in total. The maximum absolute atomic E-state index is 12.4. The fourth-order valence-electron chi connectivity index (χ4n) is 2.76. The second-order valence-electron chi connectivity index (χ2n) is 5.37. The van der Waals surface area contributed by atoms with Crippen LogP contribution in [0.4, 0.5) is 11.4 Å². The molecule has 0 spiro atoms. The van der Waals surface area contributed by atoms with Crippen molar-refractivity contribution < 1.29 is 14.7 Å². The fourth-order valence-corrected chi connectivity index (χ4v) is 3.28. The van der Waals surface area contributed by atoms with Gasteiger partial charge in [-0.3, -0.25) is 4.79 Å². The molecule has 2 aliphatic rings. The molecule has 1 heterocycles. The minimum atomic E-state index is -1.13. The van der Waals surface area contributed by atoms with E-state index in [1.165, 1.54) is 0 Å². The quantitative estimate of drug-likeness (QED) is 0.913. The SMILES string of the molecule is O=C(NC1(C(=O)O)CCCCC1)c1ccc2c(c1)N=S=N2. The molecular formula is C14H15N3O3S. The summed E-state index contributed by atoms with van der Waals surface area (Å²) in [4.78, 5) is 23.9. The van der Waals surface area contributed by atoms with Gasteiger partial charge >= 0.3 is 5.97 Å². The number of carbonyl (C=O) groups is 2. The van der Waals surface area contributed by atoms with E-state index in [1.54, 1.807) is 18.2 Å². The third-order valence-electron chi connectivity index (χ3n) is 3.99. The Morgan fingerprint density at radius 3 is 2.57 bits per heavy atom. The predicted molar refractivity (Wildman–Crippen MR) is 78.9 cm³/mol. The molecule has 0 atom stereocenters. The molecule has 1 aliphatic carbocycles. The minimum Gasteiger partial charge on any atom is -0.480 e. The van der Waals surface area contributed by atoms with Crippen molar-refractivity contribution in [3.63, 3.8) is 0 Å². The molecule has 1 amide bonds. The van der Waals surface area contributed by atoms with E-state index in [0.29, 0.717) is 24.1 Å². The van der Waals surface area contributed by atoms with Crippen molar-refractivity contribution in [1.29, 1.82) is 0 Å². The smallest absolute Gasteiger partial charge is 0.329 e. The van der Waals surface area contributed by atoms with Crippen molar-refractivity contribution in [1.82, 2.24) is 5.32 Å². The average molecular weight is 305 g/mol. The molecule has 1 aromatic carbocycles. The molecule has 7 heteroatoms. The Hall–Kier alpha value is -2.02. The monoisotopic (exact) mass is 305 g/mol. The van der Waals surface area contributed by atoms with Crippen LogP contribution in [0.1, 0.15) is 42.5 Å². The summed E-state index contributed by atoms with van der Waals surface area (Å²) in [7, 11) is 0. The van der Waals surface area contributed by atoms with Crippen LogP contribution in [0.2, 0.25) is 0 Å². The van der Waals surface area contributed by atoms with Gasteiger partial charge < -0.3 is 10.4 Å². The molecule has 3 rings (SSSR count). The summed E-state index contributed by atoms with van der Waals surface area (Å²) in [6.45, 7) is 0. The molecule has 0 bridgehead atoms. The number of carboxylic acid groups (broad SMARTS) is 1. The van der Waals surface area contributed by atoms with Gasteiger partial charge in [-0.05, 0) is 31.0 Å². The fraction of sp³-hybridized carbons (Fsp3) is 0.429. The molecule has 21 heavy (non-hydrogen) atoms. The zero-order valence-electron chi connectivity index (χ0n) is 11.3. The molecule has 1 fully saturated rings. The predicted octanol–water partition coefficient (Wildman–Crippen LogP) is 2.93. The van der Waals surface area contributed by atoms with Crippen LogP contribution in [-0.4, -0.2) is 22.5 Å². The summed E-state index contributed by atoms with van der Waals surface area (Å²) < 4.78 is 8.18. The normalized spacial score (nSPS) is 18.7. The highest BCUT2D eigenvalue weighted by molar-refractivity contribution is 7.58. The van der Waals surface area contributed by atoms with Crippen molar-refractivity contribution in [2.75, 3.05) is 0 Å². The Kier molecular flexibility index (Phi) is 3.59. The van der Waals surface area contributed by atoms with Crippen LogP contribution in [0.15, 0.2) is 26.9 Å². The summed E-state index contributed by atoms with van der Waals surface area (Å²) in [5.74, 6) is -1.32. The van der Waals surface area contributed by atoms with E-state index in [1.807, 2.05) is 0 Å². The lowest BCUT2D eigenvalue weighted by atomic mass is 9.81. The van der Waals surface area contributed by atoms with E-state index in [9.17, 15) is 14.7 Å². The third-order valence-corrected chi connectivity index (χ3v) is 4.54. The lowest BCUT2D eigenvalue weighted by molar-refractivity contribution is -0.145. The van der Waals surface area contributed by atoms with Crippen LogP contribution in [0.3, 0.4) is 0 Å². The second-order valence-corrected chi connectivity index (χ2v) is 5.90. The first-order valence-corrected chi connectivity index (χ1v) is 7.62. The lowest BCUT2D eigenvalue weighted by Crippen LogP contribution is -2.55. The van der Waals surface area contributed by atoms with E-state index >= 15 is 0 Å². The molecule has 1 saturated carbocycles.